The highest BCUT2D eigenvalue weighted by molar-refractivity contribution is 5.36. The fraction of sp³-hybridized carbons (Fsp3) is 0.524. The van der Waals surface area contributed by atoms with Crippen LogP contribution in [0.5, 0.6) is 11.8 Å². The SMILES string of the molecule is Cc1noc(N2CC3CCC(C2)C3Nc2nc(Oc3cccc(C(F)(F)F)c3)n(CC(F)(F)F)n2)n1. The third-order valence-corrected chi connectivity index (χ3v) is 6.25. The van der Waals surface area contributed by atoms with Crippen LogP contribution in [0, 0.1) is 18.8 Å². The Balaban J connectivity index is 1.35. The minimum atomic E-state index is -4.65. The maximum atomic E-state index is 13.1. The summed E-state index contributed by atoms with van der Waals surface area (Å²) in [7, 11) is 0. The largest absolute Gasteiger partial charge is 0.424 e. The number of alkyl halides is 6. The lowest BCUT2D eigenvalue weighted by molar-refractivity contribution is -0.143. The third kappa shape index (κ3) is 5.18. The van der Waals surface area contributed by atoms with Gasteiger partial charge in [-0.2, -0.15) is 36.3 Å². The number of rotatable bonds is 6. The molecule has 1 saturated heterocycles. The summed E-state index contributed by atoms with van der Waals surface area (Å²) in [5, 5.41) is 10.8. The predicted octanol–water partition coefficient (Wildman–Crippen LogP) is 4.67. The Hall–Kier alpha value is -3.52. The van der Waals surface area contributed by atoms with Crippen LogP contribution in [0.15, 0.2) is 28.8 Å². The van der Waals surface area contributed by atoms with E-state index in [0.717, 1.165) is 25.0 Å². The molecular weight excluding hydrogens is 496 g/mol. The summed E-state index contributed by atoms with van der Waals surface area (Å²) >= 11 is 0. The Morgan fingerprint density at radius 3 is 2.42 bits per heavy atom. The van der Waals surface area contributed by atoms with Gasteiger partial charge >= 0.3 is 24.4 Å². The summed E-state index contributed by atoms with van der Waals surface area (Å²) < 4.78 is 89.6. The smallest absolute Gasteiger partial charge is 0.416 e. The van der Waals surface area contributed by atoms with E-state index >= 15 is 0 Å². The molecule has 1 aliphatic heterocycles. The van der Waals surface area contributed by atoms with Crippen LogP contribution < -0.4 is 15.0 Å². The van der Waals surface area contributed by atoms with Gasteiger partial charge in [0.25, 0.3) is 0 Å². The Morgan fingerprint density at radius 2 is 1.81 bits per heavy atom. The molecule has 2 unspecified atom stereocenters. The number of aryl methyl sites for hydroxylation is 1. The van der Waals surface area contributed by atoms with Crippen molar-refractivity contribution in [2.24, 2.45) is 11.8 Å². The Labute approximate surface area is 200 Å². The van der Waals surface area contributed by atoms with E-state index in [1.54, 1.807) is 6.92 Å². The molecule has 3 heterocycles. The molecule has 2 atom stereocenters. The van der Waals surface area contributed by atoms with Crippen molar-refractivity contribution in [3.63, 3.8) is 0 Å². The highest BCUT2D eigenvalue weighted by atomic mass is 19.4. The summed E-state index contributed by atoms with van der Waals surface area (Å²) in [5.74, 6) is 0.364. The van der Waals surface area contributed by atoms with E-state index in [1.165, 1.54) is 6.07 Å². The van der Waals surface area contributed by atoms with Crippen molar-refractivity contribution in [1.82, 2.24) is 24.9 Å². The van der Waals surface area contributed by atoms with Crippen molar-refractivity contribution >= 4 is 12.0 Å². The van der Waals surface area contributed by atoms with Gasteiger partial charge in [0.2, 0.25) is 5.95 Å². The number of nitrogens with one attached hydrogen (secondary N) is 1. The number of hydrogen-bond donors (Lipinski definition) is 1. The Kier molecular flexibility index (Phi) is 5.95. The minimum absolute atomic E-state index is 0.0924. The van der Waals surface area contributed by atoms with E-state index in [1.807, 2.05) is 4.90 Å². The maximum Gasteiger partial charge on any atom is 0.416 e. The molecule has 194 valence electrons. The summed E-state index contributed by atoms with van der Waals surface area (Å²) in [5.41, 5.74) is -1.000. The molecular formula is C21H21F6N7O2. The number of fused-ring (bicyclic) bond motifs is 2. The highest BCUT2D eigenvalue weighted by Crippen LogP contribution is 2.40. The van der Waals surface area contributed by atoms with E-state index < -0.39 is 30.5 Å². The molecule has 3 aromatic rings. The van der Waals surface area contributed by atoms with Gasteiger partial charge in [0, 0.05) is 19.1 Å². The molecule has 1 N–H and O–H groups in total. The number of piperidine rings is 1. The summed E-state index contributed by atoms with van der Waals surface area (Å²) in [6.45, 7) is 1.41. The number of nitrogens with zero attached hydrogens (tertiary/aromatic N) is 6. The minimum Gasteiger partial charge on any atom is -0.424 e. The topological polar surface area (TPSA) is 94.1 Å². The van der Waals surface area contributed by atoms with Gasteiger partial charge in [-0.3, -0.25) is 0 Å². The zero-order valence-corrected chi connectivity index (χ0v) is 18.8. The molecule has 36 heavy (non-hydrogen) atoms. The molecule has 2 bridgehead atoms. The van der Waals surface area contributed by atoms with Gasteiger partial charge in [-0.15, -0.1) is 5.10 Å². The van der Waals surface area contributed by atoms with E-state index in [2.05, 4.69) is 25.5 Å². The van der Waals surface area contributed by atoms with Crippen LogP contribution in [0.1, 0.15) is 24.2 Å². The monoisotopic (exact) mass is 517 g/mol. The van der Waals surface area contributed by atoms with Crippen LogP contribution >= 0.6 is 0 Å². The molecule has 1 aromatic carbocycles. The molecule has 15 heteroatoms. The lowest BCUT2D eigenvalue weighted by Gasteiger charge is -2.37. The molecule has 2 aromatic heterocycles. The Bertz CT molecular complexity index is 1210. The molecule has 2 aliphatic rings. The molecule has 9 nitrogen and oxygen atoms in total. The van der Waals surface area contributed by atoms with E-state index in [4.69, 9.17) is 9.26 Å². The van der Waals surface area contributed by atoms with Gasteiger partial charge in [0.05, 0.1) is 5.56 Å². The average Bonchev–Trinajstić information content (AvgIpc) is 3.43. The lowest BCUT2D eigenvalue weighted by atomic mass is 9.92. The van der Waals surface area contributed by atoms with Gasteiger partial charge in [-0.25, -0.2) is 4.68 Å². The van der Waals surface area contributed by atoms with Gasteiger partial charge in [0.15, 0.2) is 5.82 Å². The summed E-state index contributed by atoms with van der Waals surface area (Å²) in [6.07, 6.45) is -7.53. The zero-order chi connectivity index (χ0) is 25.7. The second-order valence-electron chi connectivity index (χ2n) is 8.92. The molecule has 1 saturated carbocycles. The van der Waals surface area contributed by atoms with Crippen LogP contribution in [0.2, 0.25) is 0 Å². The highest BCUT2D eigenvalue weighted by Gasteiger charge is 2.44. The maximum absolute atomic E-state index is 13.1. The van der Waals surface area contributed by atoms with Gasteiger partial charge in [-0.05, 0) is 49.8 Å². The van der Waals surface area contributed by atoms with Crippen LogP contribution in [0.25, 0.3) is 0 Å². The first-order valence-electron chi connectivity index (χ1n) is 11.1. The second kappa shape index (κ2) is 8.85. The first-order valence-corrected chi connectivity index (χ1v) is 11.1. The van der Waals surface area contributed by atoms with Crippen molar-refractivity contribution in [3.8, 4) is 11.8 Å². The number of hydrogen-bond acceptors (Lipinski definition) is 8. The number of anilines is 2. The van der Waals surface area contributed by atoms with Crippen molar-refractivity contribution in [1.29, 1.82) is 0 Å². The standard InChI is InChI=1S/C21H21F6N7O2/c1-11-28-18(36-32-11)33-8-12-5-6-13(9-33)16(12)29-17-30-19(34(31-17)10-20(22,23)24)35-15-4-2-3-14(7-15)21(25,26)27/h2-4,7,12-13,16H,5-6,8-10H2,1H3,(H,29,31). The number of halogens is 6. The van der Waals surface area contributed by atoms with Crippen molar-refractivity contribution < 1.29 is 35.6 Å². The van der Waals surface area contributed by atoms with Crippen molar-refractivity contribution in [2.45, 2.75) is 44.7 Å². The van der Waals surface area contributed by atoms with Gasteiger partial charge in [0.1, 0.15) is 12.3 Å². The predicted molar refractivity (Wildman–Crippen MR) is 112 cm³/mol. The van der Waals surface area contributed by atoms with Crippen molar-refractivity contribution in [3.05, 3.63) is 35.7 Å². The Morgan fingerprint density at radius 1 is 1.08 bits per heavy atom. The number of aromatic nitrogens is 5. The fourth-order valence-corrected chi connectivity index (χ4v) is 4.76. The normalized spacial score (nSPS) is 22.2. The third-order valence-electron chi connectivity index (χ3n) is 6.25. The van der Waals surface area contributed by atoms with E-state index in [0.29, 0.717) is 35.7 Å². The number of benzene rings is 1. The first kappa shape index (κ1) is 24.2. The molecule has 5 rings (SSSR count). The first-order chi connectivity index (χ1) is 16.9. The molecule has 1 aliphatic carbocycles. The van der Waals surface area contributed by atoms with Crippen molar-refractivity contribution in [2.75, 3.05) is 23.3 Å². The van der Waals surface area contributed by atoms with Crippen LogP contribution in [0.4, 0.5) is 38.3 Å². The van der Waals surface area contributed by atoms with E-state index in [-0.39, 0.29) is 29.6 Å². The van der Waals surface area contributed by atoms with Crippen LogP contribution in [-0.4, -0.2) is 50.2 Å². The van der Waals surface area contributed by atoms with Crippen LogP contribution in [-0.2, 0) is 12.7 Å². The molecule has 2 fully saturated rings. The summed E-state index contributed by atoms with van der Waals surface area (Å²) in [6, 6.07) is 3.55. The zero-order valence-electron chi connectivity index (χ0n) is 18.8. The number of ether oxygens (including phenoxy) is 1. The molecule has 0 amide bonds. The molecule has 0 radical (unpaired) electrons. The lowest BCUT2D eigenvalue weighted by Crippen LogP contribution is -2.48. The summed E-state index contributed by atoms with van der Waals surface area (Å²) in [4.78, 5) is 10.3. The van der Waals surface area contributed by atoms with Crippen LogP contribution in [0.3, 0.4) is 0 Å². The molecule has 0 spiro atoms. The quantitative estimate of drug-likeness (QED) is 0.472. The second-order valence-corrected chi connectivity index (χ2v) is 8.92. The van der Waals surface area contributed by atoms with Gasteiger partial charge < -0.3 is 19.5 Å². The van der Waals surface area contributed by atoms with Gasteiger partial charge in [-0.1, -0.05) is 11.2 Å². The van der Waals surface area contributed by atoms with E-state index in [9.17, 15) is 26.3 Å². The average molecular weight is 517 g/mol. The fourth-order valence-electron chi connectivity index (χ4n) is 4.76.